The lowest BCUT2D eigenvalue weighted by atomic mass is 9.42. The standard InChI is InChI=1S/C34H52O10/c1-17-26(36)27(37)28(38)29(42-17)43-20-9-11-32(5)19(14-20)7-8-22-23(32)15-24(44-30(39)31(2,3)4)33(6)21(10-12-34(22,33)40)18-13-25(35)41-16-18/h13,17,19-24,26-29,36-38,40H,7-12,14-16H2,1-6H3/t17-,19+,20-,21+,22+,23-,24+,26-,27+,28+,29-,32-,33-,34-/m0/s1. The molecule has 248 valence electrons. The molecule has 0 bridgehead atoms. The predicted molar refractivity (Wildman–Crippen MR) is 158 cm³/mol. The van der Waals surface area contributed by atoms with Gasteiger partial charge in [-0.3, -0.25) is 4.79 Å². The topological polar surface area (TPSA) is 152 Å². The number of fused-ring (bicyclic) bond motifs is 5. The van der Waals surface area contributed by atoms with Gasteiger partial charge in [0.05, 0.1) is 23.2 Å². The van der Waals surface area contributed by atoms with Gasteiger partial charge in [-0.1, -0.05) is 13.8 Å². The van der Waals surface area contributed by atoms with Crippen LogP contribution in [0.15, 0.2) is 11.6 Å². The Labute approximate surface area is 260 Å². The molecule has 0 radical (unpaired) electrons. The first-order valence-electron chi connectivity index (χ1n) is 16.7. The summed E-state index contributed by atoms with van der Waals surface area (Å²) in [6.07, 6.45) is 1.40. The zero-order chi connectivity index (χ0) is 32.0. The number of aliphatic hydroxyl groups is 4. The summed E-state index contributed by atoms with van der Waals surface area (Å²) in [4.78, 5) is 25.5. The first-order valence-corrected chi connectivity index (χ1v) is 16.7. The van der Waals surface area contributed by atoms with Crippen LogP contribution in [-0.2, 0) is 28.5 Å². The van der Waals surface area contributed by atoms with Gasteiger partial charge in [0.1, 0.15) is 31.0 Å². The number of carbonyl (C=O) groups excluding carboxylic acids is 2. The molecule has 2 heterocycles. The molecule has 1 saturated heterocycles. The molecule has 0 aromatic heterocycles. The molecule has 14 atom stereocenters. The number of aliphatic hydroxyl groups excluding tert-OH is 3. The van der Waals surface area contributed by atoms with E-state index in [-0.39, 0.29) is 47.8 Å². The summed E-state index contributed by atoms with van der Waals surface area (Å²) in [6, 6.07) is 0. The van der Waals surface area contributed by atoms with Crippen molar-refractivity contribution >= 4 is 11.9 Å². The zero-order valence-corrected chi connectivity index (χ0v) is 27.0. The van der Waals surface area contributed by atoms with E-state index in [0.717, 1.165) is 37.7 Å². The Bertz CT molecular complexity index is 1180. The van der Waals surface area contributed by atoms with E-state index in [2.05, 4.69) is 13.8 Å². The van der Waals surface area contributed by atoms with Crippen molar-refractivity contribution < 1.29 is 49.0 Å². The summed E-state index contributed by atoms with van der Waals surface area (Å²) in [5.74, 6) is -0.310. The van der Waals surface area contributed by atoms with Gasteiger partial charge in [0.2, 0.25) is 0 Å². The van der Waals surface area contributed by atoms with E-state index < -0.39 is 53.2 Å². The van der Waals surface area contributed by atoms with Gasteiger partial charge in [0.25, 0.3) is 0 Å². The molecule has 0 spiro atoms. The van der Waals surface area contributed by atoms with Gasteiger partial charge < -0.3 is 39.4 Å². The lowest BCUT2D eigenvalue weighted by Crippen LogP contribution is -2.68. The van der Waals surface area contributed by atoms with E-state index in [0.29, 0.717) is 25.2 Å². The normalized spacial score (nSPS) is 50.6. The molecule has 2 aliphatic heterocycles. The molecule has 0 aromatic rings. The van der Waals surface area contributed by atoms with Gasteiger partial charge in [-0.05, 0) is 114 Å². The molecule has 0 aromatic carbocycles. The second-order valence-electron chi connectivity index (χ2n) is 16.2. The second kappa shape index (κ2) is 11.0. The van der Waals surface area contributed by atoms with Crippen LogP contribution < -0.4 is 0 Å². The molecule has 4 saturated carbocycles. The Balaban J connectivity index is 1.26. The molecule has 10 nitrogen and oxygen atoms in total. The van der Waals surface area contributed by atoms with Crippen molar-refractivity contribution in [2.45, 2.75) is 141 Å². The highest BCUT2D eigenvalue weighted by molar-refractivity contribution is 5.85. The highest BCUT2D eigenvalue weighted by Crippen LogP contribution is 2.70. The van der Waals surface area contributed by atoms with Crippen molar-refractivity contribution in [2.75, 3.05) is 6.61 Å². The fourth-order valence-electron chi connectivity index (χ4n) is 10.2. The molecular weight excluding hydrogens is 568 g/mol. The summed E-state index contributed by atoms with van der Waals surface area (Å²) in [5, 5.41) is 43.8. The molecule has 5 fully saturated rings. The van der Waals surface area contributed by atoms with Gasteiger partial charge >= 0.3 is 11.9 Å². The molecule has 6 aliphatic rings. The maximum atomic E-state index is 13.4. The van der Waals surface area contributed by atoms with Crippen LogP contribution in [0.2, 0.25) is 0 Å². The molecule has 4 aliphatic carbocycles. The number of rotatable bonds is 4. The highest BCUT2D eigenvalue weighted by atomic mass is 16.7. The fraction of sp³-hybridized carbons (Fsp3) is 0.882. The summed E-state index contributed by atoms with van der Waals surface area (Å²) < 4.78 is 23.7. The SMILES string of the molecule is C[C@@H]1O[C@@H](O[C@H]2CC[C@@]3(C)[C@H](CC[C@@H]4[C@@H]3C[C@@H](OC(=O)C(C)(C)C)[C@]3(C)[C@@H](C5=CC(=O)OC5)CC[C@]43O)C2)[C@H](O)[C@H](O)[C@H]1O. The Morgan fingerprint density at radius 3 is 2.36 bits per heavy atom. The number of hydrogen-bond acceptors (Lipinski definition) is 10. The molecule has 44 heavy (non-hydrogen) atoms. The highest BCUT2D eigenvalue weighted by Gasteiger charge is 2.72. The van der Waals surface area contributed by atoms with Crippen LogP contribution in [0.3, 0.4) is 0 Å². The van der Waals surface area contributed by atoms with E-state index in [1.54, 1.807) is 13.0 Å². The predicted octanol–water partition coefficient (Wildman–Crippen LogP) is 3.02. The van der Waals surface area contributed by atoms with Gasteiger partial charge in [0.15, 0.2) is 6.29 Å². The average molecular weight is 621 g/mol. The Morgan fingerprint density at radius 2 is 1.70 bits per heavy atom. The quantitative estimate of drug-likeness (QED) is 0.273. The van der Waals surface area contributed by atoms with Crippen LogP contribution in [0.4, 0.5) is 0 Å². The number of hydrogen-bond donors (Lipinski definition) is 4. The van der Waals surface area contributed by atoms with Crippen molar-refractivity contribution in [2.24, 2.45) is 39.9 Å². The third kappa shape index (κ3) is 4.89. The van der Waals surface area contributed by atoms with Crippen LogP contribution >= 0.6 is 0 Å². The molecule has 0 unspecified atom stereocenters. The van der Waals surface area contributed by atoms with Crippen molar-refractivity contribution in [3.8, 4) is 0 Å². The van der Waals surface area contributed by atoms with Crippen molar-refractivity contribution in [3.63, 3.8) is 0 Å². The smallest absolute Gasteiger partial charge is 0.331 e. The van der Waals surface area contributed by atoms with Crippen molar-refractivity contribution in [1.82, 2.24) is 0 Å². The van der Waals surface area contributed by atoms with Gasteiger partial charge in [-0.15, -0.1) is 0 Å². The Morgan fingerprint density at radius 1 is 0.977 bits per heavy atom. The fourth-order valence-corrected chi connectivity index (χ4v) is 10.2. The minimum absolute atomic E-state index is 0.0282. The van der Waals surface area contributed by atoms with Crippen LogP contribution in [0, 0.1) is 39.9 Å². The first kappa shape index (κ1) is 32.4. The van der Waals surface area contributed by atoms with E-state index in [9.17, 15) is 30.0 Å². The summed E-state index contributed by atoms with van der Waals surface area (Å²) in [5.41, 5.74) is -1.75. The molecule has 10 heteroatoms. The summed E-state index contributed by atoms with van der Waals surface area (Å²) >= 11 is 0. The van der Waals surface area contributed by atoms with E-state index in [1.165, 1.54) is 0 Å². The lowest BCUT2D eigenvalue weighted by molar-refractivity contribution is -0.311. The van der Waals surface area contributed by atoms with Gasteiger partial charge in [-0.25, -0.2) is 4.79 Å². The number of ether oxygens (including phenoxy) is 4. The third-order valence-electron chi connectivity index (χ3n) is 13.0. The summed E-state index contributed by atoms with van der Waals surface area (Å²) in [7, 11) is 0. The molecular formula is C34H52O10. The first-order chi connectivity index (χ1) is 20.5. The number of cyclic esters (lactones) is 1. The Hall–Kier alpha value is -1.56. The van der Waals surface area contributed by atoms with Gasteiger partial charge in [-0.2, -0.15) is 0 Å². The Kier molecular flexibility index (Phi) is 8.11. The second-order valence-corrected chi connectivity index (χ2v) is 16.2. The molecule has 0 amide bonds. The average Bonchev–Trinajstić information content (AvgIpc) is 3.50. The van der Waals surface area contributed by atoms with Crippen molar-refractivity contribution in [3.05, 3.63) is 11.6 Å². The van der Waals surface area contributed by atoms with Crippen LogP contribution in [0.1, 0.15) is 92.9 Å². The van der Waals surface area contributed by atoms with E-state index >= 15 is 0 Å². The number of carbonyl (C=O) groups is 2. The lowest BCUT2D eigenvalue weighted by Gasteiger charge is -2.65. The van der Waals surface area contributed by atoms with Crippen LogP contribution in [0.25, 0.3) is 0 Å². The monoisotopic (exact) mass is 620 g/mol. The van der Waals surface area contributed by atoms with Crippen LogP contribution in [0.5, 0.6) is 0 Å². The van der Waals surface area contributed by atoms with E-state index in [4.69, 9.17) is 18.9 Å². The molecule has 4 N–H and O–H groups in total. The maximum Gasteiger partial charge on any atom is 0.331 e. The van der Waals surface area contributed by atoms with Crippen LogP contribution in [-0.4, -0.2) is 87.5 Å². The maximum absolute atomic E-state index is 13.4. The minimum atomic E-state index is -1.34. The summed E-state index contributed by atoms with van der Waals surface area (Å²) in [6.45, 7) is 11.8. The zero-order valence-electron chi connectivity index (χ0n) is 27.0. The third-order valence-corrected chi connectivity index (χ3v) is 13.0. The minimum Gasteiger partial charge on any atom is -0.461 e. The van der Waals surface area contributed by atoms with Gasteiger partial charge in [0, 0.05) is 11.5 Å². The number of esters is 2. The largest absolute Gasteiger partial charge is 0.461 e. The van der Waals surface area contributed by atoms with E-state index in [1.807, 2.05) is 20.8 Å². The van der Waals surface area contributed by atoms with Crippen molar-refractivity contribution in [1.29, 1.82) is 0 Å². The molecule has 6 rings (SSSR count).